The van der Waals surface area contributed by atoms with Gasteiger partial charge in [0, 0.05) is 44.0 Å². The number of hydrogen-bond donors (Lipinski definition) is 0. The Morgan fingerprint density at radius 3 is 2.57 bits per heavy atom. The van der Waals surface area contributed by atoms with Crippen molar-refractivity contribution in [1.82, 2.24) is 20.2 Å². The second-order valence-electron chi connectivity index (χ2n) is 6.78. The van der Waals surface area contributed by atoms with E-state index in [2.05, 4.69) is 36.0 Å². The zero-order valence-corrected chi connectivity index (χ0v) is 13.5. The first-order valence-electron chi connectivity index (χ1n) is 8.31. The van der Waals surface area contributed by atoms with Gasteiger partial charge in [0.1, 0.15) is 0 Å². The molecule has 2 fully saturated rings. The maximum absolute atomic E-state index is 4.40. The summed E-state index contributed by atoms with van der Waals surface area (Å²) in [5.41, 5.74) is 1.29. The monoisotopic (exact) mass is 310 g/mol. The Balaban J connectivity index is 1.50. The summed E-state index contributed by atoms with van der Waals surface area (Å²) in [4.78, 5) is 13.5. The van der Waals surface area contributed by atoms with Gasteiger partial charge in [-0.1, -0.05) is 0 Å². The molecule has 0 bridgehead atoms. The first-order chi connectivity index (χ1) is 11.2. The van der Waals surface area contributed by atoms with Crippen molar-refractivity contribution in [3.8, 4) is 0 Å². The predicted octanol–water partition coefficient (Wildman–Crippen LogP) is 2.07. The van der Waals surface area contributed by atoms with Crippen molar-refractivity contribution in [2.75, 3.05) is 36.0 Å². The lowest BCUT2D eigenvalue weighted by atomic mass is 9.79. The van der Waals surface area contributed by atoms with Crippen LogP contribution in [-0.2, 0) is 0 Å². The third-order valence-electron chi connectivity index (χ3n) is 5.04. The molecule has 2 saturated heterocycles. The van der Waals surface area contributed by atoms with E-state index in [1.807, 2.05) is 31.5 Å². The Kier molecular flexibility index (Phi) is 3.59. The number of rotatable bonds is 2. The number of aryl methyl sites for hydroxylation is 1. The molecule has 2 aliphatic rings. The molecule has 0 amide bonds. The first-order valence-corrected chi connectivity index (χ1v) is 8.31. The molecule has 0 aromatic carbocycles. The maximum Gasteiger partial charge on any atom is 0.225 e. The zero-order chi connectivity index (χ0) is 15.7. The molecule has 0 radical (unpaired) electrons. The lowest BCUT2D eigenvalue weighted by molar-refractivity contribution is 0.262. The molecule has 1 atom stereocenters. The largest absolute Gasteiger partial charge is 0.355 e. The zero-order valence-electron chi connectivity index (χ0n) is 13.5. The molecule has 6 nitrogen and oxygen atoms in total. The smallest absolute Gasteiger partial charge is 0.225 e. The highest BCUT2D eigenvalue weighted by atomic mass is 15.3. The molecule has 2 aromatic heterocycles. The number of anilines is 2. The van der Waals surface area contributed by atoms with Gasteiger partial charge < -0.3 is 9.80 Å². The Morgan fingerprint density at radius 1 is 0.957 bits per heavy atom. The van der Waals surface area contributed by atoms with Gasteiger partial charge in [0.25, 0.3) is 0 Å². The van der Waals surface area contributed by atoms with Crippen LogP contribution in [0.25, 0.3) is 0 Å². The van der Waals surface area contributed by atoms with E-state index in [0.717, 1.165) is 43.6 Å². The first kappa shape index (κ1) is 14.4. The molecule has 23 heavy (non-hydrogen) atoms. The van der Waals surface area contributed by atoms with Crippen molar-refractivity contribution < 1.29 is 0 Å². The average molecular weight is 310 g/mol. The fourth-order valence-electron chi connectivity index (χ4n) is 3.86. The lowest BCUT2D eigenvalue weighted by Gasteiger charge is -2.40. The highest BCUT2D eigenvalue weighted by molar-refractivity contribution is 5.40. The molecule has 2 aromatic rings. The van der Waals surface area contributed by atoms with Gasteiger partial charge in [-0.25, -0.2) is 9.97 Å². The van der Waals surface area contributed by atoms with E-state index in [9.17, 15) is 0 Å². The van der Waals surface area contributed by atoms with Crippen LogP contribution in [0.1, 0.15) is 25.0 Å². The fraction of sp³-hybridized carbons (Fsp3) is 0.529. The molecular formula is C17H22N6. The Morgan fingerprint density at radius 2 is 1.78 bits per heavy atom. The van der Waals surface area contributed by atoms with Crippen molar-refractivity contribution >= 4 is 11.8 Å². The summed E-state index contributed by atoms with van der Waals surface area (Å²) in [7, 11) is 0. The van der Waals surface area contributed by atoms with Crippen LogP contribution in [0.5, 0.6) is 0 Å². The lowest BCUT2D eigenvalue weighted by Crippen LogP contribution is -2.45. The summed E-state index contributed by atoms with van der Waals surface area (Å²) in [5, 5.41) is 8.58. The number of aromatic nitrogens is 4. The molecule has 0 aliphatic carbocycles. The molecule has 4 heterocycles. The van der Waals surface area contributed by atoms with Gasteiger partial charge in [-0.15, -0.1) is 5.10 Å². The summed E-state index contributed by atoms with van der Waals surface area (Å²) in [6.45, 7) is 6.17. The van der Waals surface area contributed by atoms with E-state index in [4.69, 9.17) is 0 Å². The molecule has 6 heteroatoms. The third-order valence-corrected chi connectivity index (χ3v) is 5.04. The van der Waals surface area contributed by atoms with Crippen LogP contribution < -0.4 is 9.80 Å². The molecule has 120 valence electrons. The number of nitrogens with zero attached hydrogens (tertiary/aromatic N) is 6. The summed E-state index contributed by atoms with van der Waals surface area (Å²) >= 11 is 0. The van der Waals surface area contributed by atoms with Gasteiger partial charge in [-0.05, 0) is 44.4 Å². The number of piperidine rings is 1. The fourth-order valence-corrected chi connectivity index (χ4v) is 3.86. The molecule has 4 rings (SSSR count). The van der Waals surface area contributed by atoms with Crippen molar-refractivity contribution in [1.29, 1.82) is 0 Å². The van der Waals surface area contributed by atoms with Gasteiger partial charge in [0.15, 0.2) is 5.82 Å². The van der Waals surface area contributed by atoms with Gasteiger partial charge in [0.05, 0.1) is 5.69 Å². The summed E-state index contributed by atoms with van der Waals surface area (Å²) in [6.07, 6.45) is 7.32. The van der Waals surface area contributed by atoms with E-state index < -0.39 is 0 Å². The summed E-state index contributed by atoms with van der Waals surface area (Å²) in [5.74, 6) is 1.86. The van der Waals surface area contributed by atoms with Gasteiger partial charge in [-0.2, -0.15) is 5.10 Å². The van der Waals surface area contributed by atoms with Crippen LogP contribution >= 0.6 is 0 Å². The van der Waals surface area contributed by atoms with Gasteiger partial charge in [-0.3, -0.25) is 0 Å². The molecule has 0 N–H and O–H groups in total. The standard InChI is InChI=1S/C17H22N6/c1-14-4-5-15(21-20-14)22-10-2-6-17(12-22)7-11-23(13-17)16-18-8-3-9-19-16/h3-5,8-9H,2,6-7,10-13H2,1H3/t17-/m0/s1. The minimum atomic E-state index is 0.323. The number of hydrogen-bond acceptors (Lipinski definition) is 6. The van der Waals surface area contributed by atoms with E-state index in [-0.39, 0.29) is 0 Å². The third kappa shape index (κ3) is 2.85. The van der Waals surface area contributed by atoms with Crippen LogP contribution in [0.4, 0.5) is 11.8 Å². The van der Waals surface area contributed by atoms with Crippen molar-refractivity contribution in [2.24, 2.45) is 5.41 Å². The molecule has 2 aliphatic heterocycles. The summed E-state index contributed by atoms with van der Waals surface area (Å²) < 4.78 is 0. The SMILES string of the molecule is Cc1ccc(N2CCC[C@]3(CCN(c4ncccn4)C3)C2)nn1. The second kappa shape index (κ2) is 5.76. The second-order valence-corrected chi connectivity index (χ2v) is 6.78. The van der Waals surface area contributed by atoms with Crippen LogP contribution in [0.15, 0.2) is 30.6 Å². The van der Waals surface area contributed by atoms with Crippen molar-refractivity contribution in [3.05, 3.63) is 36.3 Å². The van der Waals surface area contributed by atoms with Crippen molar-refractivity contribution in [2.45, 2.75) is 26.2 Å². The van der Waals surface area contributed by atoms with Crippen LogP contribution in [-0.4, -0.2) is 46.3 Å². The minimum absolute atomic E-state index is 0.323. The summed E-state index contributed by atoms with van der Waals surface area (Å²) in [6, 6.07) is 6.00. The van der Waals surface area contributed by atoms with Gasteiger partial charge >= 0.3 is 0 Å². The molecule has 1 spiro atoms. The Bertz CT molecular complexity index is 659. The minimum Gasteiger partial charge on any atom is -0.355 e. The van der Waals surface area contributed by atoms with Crippen LogP contribution in [0, 0.1) is 12.3 Å². The van der Waals surface area contributed by atoms with E-state index in [1.54, 1.807) is 0 Å². The van der Waals surface area contributed by atoms with Crippen molar-refractivity contribution in [3.63, 3.8) is 0 Å². The van der Waals surface area contributed by atoms with Crippen LogP contribution in [0.3, 0.4) is 0 Å². The quantitative estimate of drug-likeness (QED) is 0.846. The molecule has 0 unspecified atom stereocenters. The van der Waals surface area contributed by atoms with Gasteiger partial charge in [0.2, 0.25) is 5.95 Å². The normalized spacial score (nSPS) is 24.4. The highest BCUT2D eigenvalue weighted by Crippen LogP contribution is 2.40. The predicted molar refractivity (Wildman–Crippen MR) is 89.5 cm³/mol. The highest BCUT2D eigenvalue weighted by Gasteiger charge is 2.42. The molecular weight excluding hydrogens is 288 g/mol. The molecule has 0 saturated carbocycles. The Hall–Kier alpha value is -2.24. The van der Waals surface area contributed by atoms with E-state index in [1.165, 1.54) is 19.3 Å². The van der Waals surface area contributed by atoms with E-state index >= 15 is 0 Å². The maximum atomic E-state index is 4.40. The average Bonchev–Trinajstić information content (AvgIpc) is 3.00. The van der Waals surface area contributed by atoms with E-state index in [0.29, 0.717) is 5.41 Å². The Labute approximate surface area is 136 Å². The topological polar surface area (TPSA) is 58.0 Å². The van der Waals surface area contributed by atoms with Crippen LogP contribution in [0.2, 0.25) is 0 Å².